The molecule has 3 aromatic rings. The first-order valence-electron chi connectivity index (χ1n) is 6.48. The zero-order valence-electron chi connectivity index (χ0n) is 11.8. The Morgan fingerprint density at radius 3 is 2.58 bits per heavy atom. The van der Waals surface area contributed by atoms with Gasteiger partial charge in [0.05, 0.1) is 17.3 Å². The van der Waals surface area contributed by atoms with Crippen LogP contribution < -0.4 is 4.72 Å². The highest BCUT2D eigenvalue weighted by atomic mass is 35.5. The second kappa shape index (κ2) is 5.78. The van der Waals surface area contributed by atoms with E-state index >= 15 is 0 Å². The van der Waals surface area contributed by atoms with Crippen molar-refractivity contribution in [3.8, 4) is 0 Å². The molecule has 24 heavy (non-hydrogen) atoms. The van der Waals surface area contributed by atoms with Gasteiger partial charge in [0.1, 0.15) is 16.5 Å². The molecular weight excluding hydrogens is 360 g/mol. The number of anilines is 1. The topological polar surface area (TPSA) is 66.3 Å². The Morgan fingerprint density at radius 1 is 1.17 bits per heavy atom. The van der Waals surface area contributed by atoms with Gasteiger partial charge in [-0.3, -0.25) is 4.72 Å². The minimum Gasteiger partial charge on any atom is -0.360 e. The van der Waals surface area contributed by atoms with Crippen LogP contribution in [0.3, 0.4) is 0 Å². The summed E-state index contributed by atoms with van der Waals surface area (Å²) >= 11 is 5.66. The lowest BCUT2D eigenvalue weighted by atomic mass is 10.2. The zero-order valence-corrected chi connectivity index (χ0v) is 13.3. The minimum atomic E-state index is -4.18. The van der Waals surface area contributed by atoms with Gasteiger partial charge in [0.2, 0.25) is 0 Å². The van der Waals surface area contributed by atoms with Crippen LogP contribution in [0.4, 0.5) is 20.2 Å². The number of fused-ring (bicyclic) bond motifs is 1. The van der Waals surface area contributed by atoms with E-state index in [1.165, 1.54) is 12.1 Å². The number of hydrogen-bond donors (Lipinski definition) is 2. The lowest BCUT2D eigenvalue weighted by Gasteiger charge is -2.08. The van der Waals surface area contributed by atoms with Gasteiger partial charge in [0.15, 0.2) is 5.69 Å². The lowest BCUT2D eigenvalue weighted by Crippen LogP contribution is -2.13. The Kier molecular flexibility index (Phi) is 3.91. The SMILES string of the molecule is [C-]#[N+]c1ccc(NS(=O)(=O)c2c[nH]c3cc(Cl)c(F)cc23)c(F)c1. The van der Waals surface area contributed by atoms with Crippen molar-refractivity contribution < 1.29 is 17.2 Å². The van der Waals surface area contributed by atoms with E-state index in [1.54, 1.807) is 0 Å². The maximum atomic E-state index is 13.9. The number of benzene rings is 2. The van der Waals surface area contributed by atoms with Gasteiger partial charge in [-0.2, -0.15) is 0 Å². The van der Waals surface area contributed by atoms with Crippen molar-refractivity contribution in [3.63, 3.8) is 0 Å². The van der Waals surface area contributed by atoms with Gasteiger partial charge in [-0.25, -0.2) is 22.0 Å². The molecule has 0 aliphatic heterocycles. The molecule has 0 saturated heterocycles. The molecular formula is C15H8ClF2N3O2S. The van der Waals surface area contributed by atoms with Crippen LogP contribution in [-0.4, -0.2) is 13.4 Å². The molecule has 3 rings (SSSR count). The molecule has 0 unspecified atom stereocenters. The van der Waals surface area contributed by atoms with Crippen molar-refractivity contribution in [2.75, 3.05) is 4.72 Å². The largest absolute Gasteiger partial charge is 0.360 e. The van der Waals surface area contributed by atoms with Gasteiger partial charge in [0.25, 0.3) is 10.0 Å². The maximum absolute atomic E-state index is 13.9. The van der Waals surface area contributed by atoms with Crippen LogP contribution >= 0.6 is 11.6 Å². The maximum Gasteiger partial charge on any atom is 0.264 e. The number of aromatic nitrogens is 1. The van der Waals surface area contributed by atoms with Gasteiger partial charge in [-0.1, -0.05) is 17.7 Å². The van der Waals surface area contributed by atoms with Crippen molar-refractivity contribution in [1.29, 1.82) is 0 Å². The number of nitrogens with zero attached hydrogens (tertiary/aromatic N) is 1. The highest BCUT2D eigenvalue weighted by Gasteiger charge is 2.21. The molecule has 0 fully saturated rings. The van der Waals surface area contributed by atoms with Gasteiger partial charge in [0, 0.05) is 17.1 Å². The quantitative estimate of drug-likeness (QED) is 0.671. The molecule has 2 aromatic carbocycles. The van der Waals surface area contributed by atoms with E-state index in [0.29, 0.717) is 5.52 Å². The molecule has 0 aliphatic carbocycles. The number of halogens is 3. The molecule has 0 atom stereocenters. The van der Waals surface area contributed by atoms with Crippen LogP contribution in [0, 0.1) is 18.2 Å². The summed E-state index contributed by atoms with van der Waals surface area (Å²) in [6.07, 6.45) is 1.16. The third kappa shape index (κ3) is 2.79. The highest BCUT2D eigenvalue weighted by Crippen LogP contribution is 2.30. The Bertz CT molecular complexity index is 1100. The number of aromatic amines is 1. The highest BCUT2D eigenvalue weighted by molar-refractivity contribution is 7.93. The molecule has 0 bridgehead atoms. The van der Waals surface area contributed by atoms with Gasteiger partial charge in [-0.15, -0.1) is 0 Å². The van der Waals surface area contributed by atoms with E-state index in [2.05, 4.69) is 14.6 Å². The standard InChI is InChI=1S/C15H8ClF2N3O2S/c1-19-8-2-3-13(12(18)4-8)21-24(22,23)15-7-20-14-6-10(16)11(17)5-9(14)15/h2-7,20-21H. The Hall–Kier alpha value is -2.63. The normalized spacial score (nSPS) is 11.4. The first-order chi connectivity index (χ1) is 11.3. The average Bonchev–Trinajstić information content (AvgIpc) is 2.93. The second-order valence-electron chi connectivity index (χ2n) is 4.85. The number of hydrogen-bond acceptors (Lipinski definition) is 2. The van der Waals surface area contributed by atoms with Crippen LogP contribution in [0.25, 0.3) is 15.7 Å². The molecule has 122 valence electrons. The first kappa shape index (κ1) is 16.2. The van der Waals surface area contributed by atoms with Gasteiger partial charge < -0.3 is 4.98 Å². The van der Waals surface area contributed by atoms with Gasteiger partial charge in [-0.05, 0) is 24.3 Å². The van der Waals surface area contributed by atoms with Crippen molar-refractivity contribution in [3.05, 3.63) is 64.6 Å². The summed E-state index contributed by atoms with van der Waals surface area (Å²) in [6.45, 7) is 6.80. The Morgan fingerprint density at radius 2 is 1.92 bits per heavy atom. The molecule has 9 heteroatoms. The van der Waals surface area contributed by atoms with E-state index in [1.807, 2.05) is 0 Å². The fraction of sp³-hybridized carbons (Fsp3) is 0. The van der Waals surface area contributed by atoms with Crippen LogP contribution in [0.1, 0.15) is 0 Å². The number of sulfonamides is 1. The van der Waals surface area contributed by atoms with E-state index < -0.39 is 21.7 Å². The molecule has 0 aliphatic rings. The Balaban J connectivity index is 2.06. The second-order valence-corrected chi connectivity index (χ2v) is 6.90. The number of rotatable bonds is 3. The van der Waals surface area contributed by atoms with E-state index in [9.17, 15) is 17.2 Å². The Labute approximate surface area is 140 Å². The molecule has 5 nitrogen and oxygen atoms in total. The van der Waals surface area contributed by atoms with Crippen molar-refractivity contribution in [1.82, 2.24) is 4.98 Å². The minimum absolute atomic E-state index is 0.0410. The number of H-pyrrole nitrogens is 1. The summed E-state index contributed by atoms with van der Waals surface area (Å²) in [5, 5.41) is -0.0652. The molecule has 0 radical (unpaired) electrons. The van der Waals surface area contributed by atoms with E-state index in [0.717, 1.165) is 24.4 Å². The number of nitrogens with one attached hydrogen (secondary N) is 2. The van der Waals surface area contributed by atoms with Gasteiger partial charge >= 0.3 is 0 Å². The average molecular weight is 368 g/mol. The van der Waals surface area contributed by atoms with Crippen molar-refractivity contribution >= 4 is 43.9 Å². The zero-order chi connectivity index (χ0) is 17.5. The predicted molar refractivity (Wildman–Crippen MR) is 86.7 cm³/mol. The summed E-state index contributed by atoms with van der Waals surface area (Å²) in [4.78, 5) is 5.48. The van der Waals surface area contributed by atoms with Crippen molar-refractivity contribution in [2.24, 2.45) is 0 Å². The molecule has 0 spiro atoms. The third-order valence-corrected chi connectivity index (χ3v) is 5.00. The van der Waals surface area contributed by atoms with Crippen LogP contribution in [0.2, 0.25) is 5.02 Å². The summed E-state index contributed by atoms with van der Waals surface area (Å²) < 4.78 is 54.5. The fourth-order valence-electron chi connectivity index (χ4n) is 2.17. The summed E-state index contributed by atoms with van der Waals surface area (Å²) in [6, 6.07) is 5.59. The van der Waals surface area contributed by atoms with E-state index in [-0.39, 0.29) is 26.7 Å². The third-order valence-electron chi connectivity index (χ3n) is 3.30. The van der Waals surface area contributed by atoms with Crippen LogP contribution in [0.5, 0.6) is 0 Å². The fourth-order valence-corrected chi connectivity index (χ4v) is 3.57. The van der Waals surface area contributed by atoms with E-state index in [4.69, 9.17) is 18.2 Å². The summed E-state index contributed by atoms with van der Waals surface area (Å²) in [7, 11) is -4.18. The molecule has 2 N–H and O–H groups in total. The summed E-state index contributed by atoms with van der Waals surface area (Å²) in [5.74, 6) is -1.66. The molecule has 0 saturated carbocycles. The smallest absolute Gasteiger partial charge is 0.264 e. The predicted octanol–water partition coefficient (Wildman–Crippen LogP) is 4.45. The monoisotopic (exact) mass is 367 g/mol. The first-order valence-corrected chi connectivity index (χ1v) is 8.34. The van der Waals surface area contributed by atoms with Crippen LogP contribution in [-0.2, 0) is 10.0 Å². The van der Waals surface area contributed by atoms with Crippen molar-refractivity contribution in [2.45, 2.75) is 4.90 Å². The lowest BCUT2D eigenvalue weighted by molar-refractivity contribution is 0.599. The molecule has 1 aromatic heterocycles. The molecule has 1 heterocycles. The molecule has 0 amide bonds. The van der Waals surface area contributed by atoms with Crippen LogP contribution in [0.15, 0.2) is 41.4 Å². The summed E-state index contributed by atoms with van der Waals surface area (Å²) in [5.41, 5.74) is 0.0519.